The van der Waals surface area contributed by atoms with Crippen molar-refractivity contribution in [1.29, 1.82) is 0 Å². The van der Waals surface area contributed by atoms with Gasteiger partial charge in [-0.1, -0.05) is 6.92 Å². The van der Waals surface area contributed by atoms with Crippen LogP contribution in [-0.4, -0.2) is 48.3 Å². The number of hydrogen-bond donors (Lipinski definition) is 2. The van der Waals surface area contributed by atoms with Crippen LogP contribution in [0.2, 0.25) is 5.54 Å². The van der Waals surface area contributed by atoms with Crippen LogP contribution < -0.4 is 11.1 Å². The van der Waals surface area contributed by atoms with Crippen LogP contribution >= 0.6 is 0 Å². The minimum Gasteiger partial charge on any atom is -0.374 e. The van der Waals surface area contributed by atoms with E-state index in [4.69, 9.17) is 19.0 Å². The summed E-state index contributed by atoms with van der Waals surface area (Å²) < 4.78 is 17.9. The molecule has 0 amide bonds. The van der Waals surface area contributed by atoms with Crippen molar-refractivity contribution in [3.63, 3.8) is 0 Å². The zero-order valence-corrected chi connectivity index (χ0v) is 14.0. The van der Waals surface area contributed by atoms with E-state index in [0.717, 1.165) is 25.9 Å². The van der Waals surface area contributed by atoms with E-state index >= 15 is 0 Å². The highest BCUT2D eigenvalue weighted by atomic mass is 28.4. The van der Waals surface area contributed by atoms with Gasteiger partial charge < -0.3 is 24.3 Å². The van der Waals surface area contributed by atoms with Crippen molar-refractivity contribution >= 4 is 8.80 Å². The fourth-order valence-corrected chi connectivity index (χ4v) is 5.38. The average molecular weight is 292 g/mol. The summed E-state index contributed by atoms with van der Waals surface area (Å²) in [4.78, 5) is 0. The van der Waals surface area contributed by atoms with Crippen LogP contribution in [0.15, 0.2) is 0 Å². The van der Waals surface area contributed by atoms with Gasteiger partial charge in [-0.2, -0.15) is 0 Å². The Bertz CT molecular complexity index is 191. The summed E-state index contributed by atoms with van der Waals surface area (Å²) in [6.45, 7) is 12.5. The molecule has 0 saturated heterocycles. The lowest BCUT2D eigenvalue weighted by Gasteiger charge is -2.35. The molecule has 116 valence electrons. The predicted octanol–water partition coefficient (Wildman–Crippen LogP) is 1.75. The van der Waals surface area contributed by atoms with Crippen LogP contribution in [0.4, 0.5) is 0 Å². The third-order valence-electron chi connectivity index (χ3n) is 3.02. The summed E-state index contributed by atoms with van der Waals surface area (Å²) in [5.41, 5.74) is 5.82. The first-order valence-electron chi connectivity index (χ1n) is 7.53. The minimum atomic E-state index is -2.56. The number of rotatable bonds is 13. The summed E-state index contributed by atoms with van der Waals surface area (Å²) in [6.07, 6.45) is 2.01. The molecule has 5 nitrogen and oxygen atoms in total. The Morgan fingerprint density at radius 3 is 1.84 bits per heavy atom. The van der Waals surface area contributed by atoms with E-state index in [1.165, 1.54) is 0 Å². The second kappa shape index (κ2) is 11.8. The maximum atomic E-state index is 5.96. The Morgan fingerprint density at radius 1 is 0.947 bits per heavy atom. The fraction of sp³-hybridized carbons (Fsp3) is 1.00. The van der Waals surface area contributed by atoms with E-state index in [0.29, 0.717) is 31.9 Å². The molecule has 0 heterocycles. The predicted molar refractivity (Wildman–Crippen MR) is 81.2 cm³/mol. The molecule has 0 aliphatic heterocycles. The summed E-state index contributed by atoms with van der Waals surface area (Å²) in [7, 11) is -2.56. The molecule has 1 unspecified atom stereocenters. The summed E-state index contributed by atoms with van der Waals surface area (Å²) >= 11 is 0. The van der Waals surface area contributed by atoms with Gasteiger partial charge in [-0.05, 0) is 40.2 Å². The quantitative estimate of drug-likeness (QED) is 0.400. The van der Waals surface area contributed by atoms with Crippen LogP contribution in [0, 0.1) is 0 Å². The second-order valence-corrected chi connectivity index (χ2v) is 7.22. The Labute approximate surface area is 119 Å². The maximum Gasteiger partial charge on any atom is 0.504 e. The van der Waals surface area contributed by atoms with E-state index in [9.17, 15) is 0 Å². The van der Waals surface area contributed by atoms with Crippen LogP contribution in [0.5, 0.6) is 0 Å². The molecule has 1 atom stereocenters. The molecule has 0 aliphatic rings. The molecule has 0 aromatic heterocycles. The van der Waals surface area contributed by atoms with Gasteiger partial charge in [0.05, 0.1) is 0 Å². The van der Waals surface area contributed by atoms with Crippen molar-refractivity contribution in [1.82, 2.24) is 5.32 Å². The third kappa shape index (κ3) is 6.83. The van der Waals surface area contributed by atoms with Crippen LogP contribution in [-0.2, 0) is 13.3 Å². The maximum absolute atomic E-state index is 5.96. The standard InChI is InChI=1S/C13H32N2O3Si/c1-5-13(9-11-15-12-10-14)19(16-6-2,17-7-3)18-8-4/h13,15H,5-12,14H2,1-4H3. The molecule has 0 bridgehead atoms. The van der Waals surface area contributed by atoms with Gasteiger partial charge in [0.15, 0.2) is 0 Å². The molecule has 0 aliphatic carbocycles. The molecule has 19 heavy (non-hydrogen) atoms. The molecule has 3 N–H and O–H groups in total. The Hall–Kier alpha value is 0.0169. The average Bonchev–Trinajstić information content (AvgIpc) is 2.39. The molecule has 0 aromatic rings. The van der Waals surface area contributed by atoms with Gasteiger partial charge in [-0.3, -0.25) is 0 Å². The van der Waals surface area contributed by atoms with Gasteiger partial charge in [-0.15, -0.1) is 0 Å². The molecule has 6 heteroatoms. The molecule has 0 radical (unpaired) electrons. The summed E-state index contributed by atoms with van der Waals surface area (Å²) in [6, 6.07) is 0. The van der Waals surface area contributed by atoms with Crippen molar-refractivity contribution in [2.45, 2.75) is 46.1 Å². The van der Waals surface area contributed by atoms with Crippen LogP contribution in [0.3, 0.4) is 0 Å². The number of nitrogens with one attached hydrogen (secondary N) is 1. The monoisotopic (exact) mass is 292 g/mol. The van der Waals surface area contributed by atoms with Crippen LogP contribution in [0.25, 0.3) is 0 Å². The highest BCUT2D eigenvalue weighted by Gasteiger charge is 2.47. The lowest BCUT2D eigenvalue weighted by molar-refractivity contribution is 0.0592. The van der Waals surface area contributed by atoms with Gasteiger partial charge in [0.25, 0.3) is 0 Å². The second-order valence-electron chi connectivity index (χ2n) is 4.34. The molecule has 0 saturated carbocycles. The molecule has 0 spiro atoms. The van der Waals surface area contributed by atoms with Gasteiger partial charge in [0, 0.05) is 38.5 Å². The van der Waals surface area contributed by atoms with Crippen molar-refractivity contribution in [3.05, 3.63) is 0 Å². The zero-order chi connectivity index (χ0) is 14.6. The molecule has 0 rings (SSSR count). The van der Waals surface area contributed by atoms with Gasteiger partial charge in [-0.25, -0.2) is 0 Å². The smallest absolute Gasteiger partial charge is 0.374 e. The normalized spacial score (nSPS) is 13.7. The first-order chi connectivity index (χ1) is 9.20. The van der Waals surface area contributed by atoms with E-state index in [1.54, 1.807) is 0 Å². The molecule has 0 fully saturated rings. The van der Waals surface area contributed by atoms with Crippen molar-refractivity contribution < 1.29 is 13.3 Å². The van der Waals surface area contributed by atoms with Crippen molar-refractivity contribution in [2.24, 2.45) is 5.73 Å². The largest absolute Gasteiger partial charge is 0.504 e. The third-order valence-corrected chi connectivity index (χ3v) is 6.79. The van der Waals surface area contributed by atoms with Gasteiger partial charge >= 0.3 is 8.80 Å². The van der Waals surface area contributed by atoms with Crippen LogP contribution in [0.1, 0.15) is 40.5 Å². The molecule has 0 aromatic carbocycles. The number of nitrogens with two attached hydrogens (primary N) is 1. The van der Waals surface area contributed by atoms with Gasteiger partial charge in [0.2, 0.25) is 0 Å². The first-order valence-corrected chi connectivity index (χ1v) is 9.33. The van der Waals surface area contributed by atoms with E-state index < -0.39 is 8.80 Å². The molecular formula is C13H32N2O3Si. The van der Waals surface area contributed by atoms with Gasteiger partial charge in [0.1, 0.15) is 0 Å². The summed E-state index contributed by atoms with van der Waals surface area (Å²) in [5, 5.41) is 3.33. The fourth-order valence-electron chi connectivity index (χ4n) is 2.22. The van der Waals surface area contributed by atoms with Crippen molar-refractivity contribution in [3.8, 4) is 0 Å². The Morgan fingerprint density at radius 2 is 1.47 bits per heavy atom. The lowest BCUT2D eigenvalue weighted by atomic mass is 10.2. The lowest BCUT2D eigenvalue weighted by Crippen LogP contribution is -2.51. The molecular weight excluding hydrogens is 260 g/mol. The van der Waals surface area contributed by atoms with E-state index in [-0.39, 0.29) is 0 Å². The zero-order valence-electron chi connectivity index (χ0n) is 13.0. The SMILES string of the molecule is CCO[Si](OCC)(OCC)C(CC)CCNCCN. The van der Waals surface area contributed by atoms with Crippen molar-refractivity contribution in [2.75, 3.05) is 39.5 Å². The highest BCUT2D eigenvalue weighted by Crippen LogP contribution is 2.31. The topological polar surface area (TPSA) is 65.7 Å². The number of hydrogen-bond acceptors (Lipinski definition) is 5. The van der Waals surface area contributed by atoms with E-state index in [1.807, 2.05) is 20.8 Å². The Balaban J connectivity index is 4.62. The Kier molecular flexibility index (Phi) is 11.8. The summed E-state index contributed by atoms with van der Waals surface area (Å²) in [5.74, 6) is 0. The first kappa shape index (κ1) is 19.0. The minimum absolute atomic E-state index is 0.345. The highest BCUT2D eigenvalue weighted by molar-refractivity contribution is 6.62. The van der Waals surface area contributed by atoms with E-state index in [2.05, 4.69) is 12.2 Å².